The van der Waals surface area contributed by atoms with Crippen molar-refractivity contribution < 1.29 is 14.3 Å². The van der Waals surface area contributed by atoms with Crippen molar-refractivity contribution in [3.05, 3.63) is 59.4 Å². The van der Waals surface area contributed by atoms with Crippen molar-refractivity contribution in [2.45, 2.75) is 26.7 Å². The monoisotopic (exact) mass is 440 g/mol. The molecule has 1 N–H and O–H groups in total. The molecule has 1 aliphatic rings. The molecule has 31 heavy (non-hydrogen) atoms. The molecule has 8 heteroatoms. The fraction of sp³-hybridized carbons (Fsp3) is 0.304. The first kappa shape index (κ1) is 22.5. The van der Waals surface area contributed by atoms with Crippen molar-refractivity contribution in [3.8, 4) is 0 Å². The Hall–Kier alpha value is -3.19. The van der Waals surface area contributed by atoms with E-state index in [2.05, 4.69) is 15.3 Å². The van der Waals surface area contributed by atoms with Gasteiger partial charge in [-0.25, -0.2) is 14.8 Å². The van der Waals surface area contributed by atoms with Gasteiger partial charge in [0.15, 0.2) is 5.65 Å². The van der Waals surface area contributed by atoms with Crippen molar-refractivity contribution in [3.63, 3.8) is 0 Å². The molecule has 7 nitrogen and oxygen atoms in total. The Morgan fingerprint density at radius 3 is 2.68 bits per heavy atom. The fourth-order valence-corrected chi connectivity index (χ4v) is 3.64. The Kier molecular flexibility index (Phi) is 7.07. The number of aromatic nitrogens is 2. The molecule has 0 radical (unpaired) electrons. The summed E-state index contributed by atoms with van der Waals surface area (Å²) in [5.74, 6) is -0.432. The Bertz CT molecular complexity index is 1110. The van der Waals surface area contributed by atoms with Crippen molar-refractivity contribution in [2.75, 3.05) is 25.0 Å². The first-order valence-corrected chi connectivity index (χ1v) is 10.2. The average molecular weight is 441 g/mol. The van der Waals surface area contributed by atoms with Crippen LogP contribution in [0.3, 0.4) is 0 Å². The van der Waals surface area contributed by atoms with Crippen LogP contribution in [0, 0.1) is 6.92 Å². The van der Waals surface area contributed by atoms with Gasteiger partial charge in [-0.1, -0.05) is 6.07 Å². The van der Waals surface area contributed by atoms with Crippen LogP contribution in [-0.2, 0) is 4.74 Å². The molecule has 1 aliphatic heterocycles. The van der Waals surface area contributed by atoms with Crippen LogP contribution in [0.15, 0.2) is 42.6 Å². The highest BCUT2D eigenvalue weighted by atomic mass is 35.5. The molecule has 0 saturated carbocycles. The van der Waals surface area contributed by atoms with Gasteiger partial charge in [0, 0.05) is 36.1 Å². The summed E-state index contributed by atoms with van der Waals surface area (Å²) in [6, 6.07) is 10.9. The molecule has 1 aromatic carbocycles. The smallest absolute Gasteiger partial charge is 0.338 e. The van der Waals surface area contributed by atoms with Gasteiger partial charge in [-0.15, -0.1) is 12.4 Å². The van der Waals surface area contributed by atoms with Crippen LogP contribution in [0.4, 0.5) is 11.4 Å². The van der Waals surface area contributed by atoms with E-state index < -0.39 is 0 Å². The lowest BCUT2D eigenvalue weighted by molar-refractivity contribution is 0.0526. The summed E-state index contributed by atoms with van der Waals surface area (Å²) in [5, 5.41) is 4.10. The highest BCUT2D eigenvalue weighted by Crippen LogP contribution is 2.30. The highest BCUT2D eigenvalue weighted by Gasteiger charge is 2.24. The second-order valence-corrected chi connectivity index (χ2v) is 7.30. The zero-order valence-electron chi connectivity index (χ0n) is 17.6. The molecule has 0 aliphatic carbocycles. The number of likely N-dealkylation sites (tertiary alicyclic amines) is 1. The van der Waals surface area contributed by atoms with Crippen molar-refractivity contribution >= 4 is 46.7 Å². The summed E-state index contributed by atoms with van der Waals surface area (Å²) < 4.78 is 5.10. The molecule has 0 atom stereocenters. The van der Waals surface area contributed by atoms with Gasteiger partial charge in [-0.3, -0.25) is 4.79 Å². The van der Waals surface area contributed by atoms with Gasteiger partial charge in [0.05, 0.1) is 23.4 Å². The predicted molar refractivity (Wildman–Crippen MR) is 122 cm³/mol. The third-order valence-electron chi connectivity index (χ3n) is 5.14. The normalized spacial score (nSPS) is 13.0. The summed E-state index contributed by atoms with van der Waals surface area (Å²) in [5.41, 5.74) is 3.69. The van der Waals surface area contributed by atoms with Crippen LogP contribution >= 0.6 is 12.4 Å². The SMILES string of the molecule is CCOC(=O)c1cccc(Nc2c(C(=O)N3CCCC3)cnc3nc(C)ccc23)c1.Cl. The number of pyridine rings is 2. The molecule has 1 saturated heterocycles. The quantitative estimate of drug-likeness (QED) is 0.587. The van der Waals surface area contributed by atoms with E-state index in [0.29, 0.717) is 34.8 Å². The number of aryl methyl sites for hydroxylation is 1. The topological polar surface area (TPSA) is 84.4 Å². The molecule has 3 heterocycles. The molecule has 2 aromatic heterocycles. The number of benzene rings is 1. The van der Waals surface area contributed by atoms with Gasteiger partial charge in [-0.05, 0) is 57.0 Å². The van der Waals surface area contributed by atoms with E-state index in [4.69, 9.17) is 4.74 Å². The lowest BCUT2D eigenvalue weighted by atomic mass is 10.1. The summed E-state index contributed by atoms with van der Waals surface area (Å²) in [6.07, 6.45) is 3.61. The van der Waals surface area contributed by atoms with Gasteiger partial charge >= 0.3 is 5.97 Å². The molecular formula is C23H25ClN4O3. The number of nitrogens with zero attached hydrogens (tertiary/aromatic N) is 3. The first-order valence-electron chi connectivity index (χ1n) is 10.2. The number of anilines is 2. The third kappa shape index (κ3) is 4.77. The molecular weight excluding hydrogens is 416 g/mol. The number of fused-ring (bicyclic) bond motifs is 1. The zero-order valence-corrected chi connectivity index (χ0v) is 18.4. The third-order valence-corrected chi connectivity index (χ3v) is 5.14. The van der Waals surface area contributed by atoms with E-state index in [1.165, 1.54) is 0 Å². The molecule has 3 aromatic rings. The van der Waals surface area contributed by atoms with E-state index in [9.17, 15) is 9.59 Å². The maximum atomic E-state index is 13.2. The molecule has 4 rings (SSSR count). The van der Waals surface area contributed by atoms with E-state index >= 15 is 0 Å². The number of halogens is 1. The number of hydrogen-bond donors (Lipinski definition) is 1. The first-order chi connectivity index (χ1) is 14.6. The van der Waals surface area contributed by atoms with Crippen molar-refractivity contribution in [1.82, 2.24) is 14.9 Å². The molecule has 0 spiro atoms. The van der Waals surface area contributed by atoms with Crippen LogP contribution in [0.1, 0.15) is 46.2 Å². The minimum atomic E-state index is -0.383. The Balaban J connectivity index is 0.00000272. The summed E-state index contributed by atoms with van der Waals surface area (Å²) in [7, 11) is 0. The van der Waals surface area contributed by atoms with E-state index in [1.807, 2.05) is 30.0 Å². The summed E-state index contributed by atoms with van der Waals surface area (Å²) in [6.45, 7) is 5.49. The fourth-order valence-electron chi connectivity index (χ4n) is 3.64. The maximum absolute atomic E-state index is 13.2. The van der Waals surface area contributed by atoms with Crippen molar-refractivity contribution in [2.24, 2.45) is 0 Å². The lowest BCUT2D eigenvalue weighted by Gasteiger charge is -2.19. The lowest BCUT2D eigenvalue weighted by Crippen LogP contribution is -2.28. The number of amides is 1. The van der Waals surface area contributed by atoms with Gasteiger partial charge in [-0.2, -0.15) is 0 Å². The molecule has 0 unspecified atom stereocenters. The second kappa shape index (κ2) is 9.75. The minimum absolute atomic E-state index is 0. The van der Waals surface area contributed by atoms with Gasteiger partial charge in [0.1, 0.15) is 0 Å². The van der Waals surface area contributed by atoms with E-state index in [1.54, 1.807) is 31.3 Å². The predicted octanol–water partition coefficient (Wildman–Crippen LogP) is 4.52. The van der Waals surface area contributed by atoms with Crippen LogP contribution < -0.4 is 5.32 Å². The summed E-state index contributed by atoms with van der Waals surface area (Å²) in [4.78, 5) is 36.1. The minimum Gasteiger partial charge on any atom is -0.462 e. The van der Waals surface area contributed by atoms with E-state index in [-0.39, 0.29) is 24.3 Å². The zero-order chi connectivity index (χ0) is 21.1. The number of ether oxygens (including phenoxy) is 1. The van der Waals surface area contributed by atoms with Crippen LogP contribution in [0.5, 0.6) is 0 Å². The molecule has 1 amide bonds. The number of esters is 1. The Labute approximate surface area is 187 Å². The summed E-state index contributed by atoms with van der Waals surface area (Å²) >= 11 is 0. The highest BCUT2D eigenvalue weighted by molar-refractivity contribution is 6.07. The largest absolute Gasteiger partial charge is 0.462 e. The van der Waals surface area contributed by atoms with Crippen LogP contribution in [0.2, 0.25) is 0 Å². The number of hydrogen-bond acceptors (Lipinski definition) is 6. The Morgan fingerprint density at radius 2 is 1.94 bits per heavy atom. The number of nitrogens with one attached hydrogen (secondary N) is 1. The van der Waals surface area contributed by atoms with Gasteiger partial charge in [0.2, 0.25) is 0 Å². The Morgan fingerprint density at radius 1 is 1.16 bits per heavy atom. The number of carbonyl (C=O) groups is 2. The molecule has 0 bridgehead atoms. The molecule has 162 valence electrons. The second-order valence-electron chi connectivity index (χ2n) is 7.30. The van der Waals surface area contributed by atoms with E-state index in [0.717, 1.165) is 37.0 Å². The average Bonchev–Trinajstić information content (AvgIpc) is 3.28. The maximum Gasteiger partial charge on any atom is 0.338 e. The molecule has 1 fully saturated rings. The number of carbonyl (C=O) groups excluding carboxylic acids is 2. The van der Waals surface area contributed by atoms with Crippen LogP contribution in [0.25, 0.3) is 11.0 Å². The number of rotatable bonds is 5. The van der Waals surface area contributed by atoms with Crippen LogP contribution in [-0.4, -0.2) is 46.4 Å². The standard InChI is InChI=1S/C23H24N4O3.ClH/c1-3-30-23(29)16-7-6-8-17(13-16)26-20-18-10-9-15(2)25-21(18)24-14-19(20)22(28)27-11-4-5-12-27;/h6-10,13-14H,3-5,11-12H2,1-2H3,(H,24,25,26);1H. The van der Waals surface area contributed by atoms with Crippen molar-refractivity contribution in [1.29, 1.82) is 0 Å². The van der Waals surface area contributed by atoms with Gasteiger partial charge < -0.3 is 15.0 Å². The van der Waals surface area contributed by atoms with Gasteiger partial charge in [0.25, 0.3) is 5.91 Å².